The van der Waals surface area contributed by atoms with E-state index in [1.54, 1.807) is 0 Å². The summed E-state index contributed by atoms with van der Waals surface area (Å²) >= 11 is 0. The van der Waals surface area contributed by atoms with Gasteiger partial charge in [-0.05, 0) is 44.4 Å². The van der Waals surface area contributed by atoms with Crippen LogP contribution < -0.4 is 17.1 Å². The molecule has 1 heterocycles. The minimum absolute atomic E-state index is 0.217. The van der Waals surface area contributed by atoms with Crippen LogP contribution in [0, 0.1) is 5.92 Å². The van der Waals surface area contributed by atoms with E-state index in [4.69, 9.17) is 0 Å². The zero-order valence-corrected chi connectivity index (χ0v) is 20.9. The van der Waals surface area contributed by atoms with Crippen molar-refractivity contribution in [2.75, 3.05) is 0 Å². The summed E-state index contributed by atoms with van der Waals surface area (Å²) in [5.41, 5.74) is -1.97. The molecule has 6 nitrogen and oxygen atoms in total. The van der Waals surface area contributed by atoms with E-state index in [0.717, 1.165) is 51.4 Å². The van der Waals surface area contributed by atoms with Gasteiger partial charge in [-0.15, -0.1) is 13.2 Å². The van der Waals surface area contributed by atoms with E-state index in [2.05, 4.69) is 30.0 Å². The Bertz CT molecular complexity index is 787. The van der Waals surface area contributed by atoms with Gasteiger partial charge in [-0.25, -0.2) is 19.0 Å². The average molecular weight is 462 g/mol. The molecular formula is C27H47N3O3. The highest BCUT2D eigenvalue weighted by Gasteiger charge is 2.20. The van der Waals surface area contributed by atoms with Crippen LogP contribution in [0.1, 0.15) is 122 Å². The predicted molar refractivity (Wildman–Crippen MR) is 139 cm³/mol. The molecule has 0 saturated heterocycles. The van der Waals surface area contributed by atoms with E-state index < -0.39 is 17.1 Å². The van der Waals surface area contributed by atoms with Gasteiger partial charge in [0, 0.05) is 6.04 Å². The van der Waals surface area contributed by atoms with Gasteiger partial charge in [-0.1, -0.05) is 89.7 Å². The first kappa shape index (κ1) is 28.9. The normalized spacial score (nSPS) is 13.0. The van der Waals surface area contributed by atoms with Crippen LogP contribution in [0.15, 0.2) is 39.7 Å². The van der Waals surface area contributed by atoms with Crippen LogP contribution in [-0.4, -0.2) is 14.5 Å². The van der Waals surface area contributed by atoms with Gasteiger partial charge in [-0.2, -0.15) is 0 Å². The molecule has 1 rings (SSSR count). The molecule has 2 atom stereocenters. The maximum absolute atomic E-state index is 12.5. The fourth-order valence-electron chi connectivity index (χ4n) is 4.67. The van der Waals surface area contributed by atoms with Crippen molar-refractivity contribution in [3.63, 3.8) is 0 Å². The van der Waals surface area contributed by atoms with Crippen molar-refractivity contribution in [3.05, 3.63) is 56.8 Å². The largest absolute Gasteiger partial charge is 0.333 e. The smallest absolute Gasteiger partial charge is 0.259 e. The quantitative estimate of drug-likeness (QED) is 0.164. The van der Waals surface area contributed by atoms with Crippen LogP contribution in [0.3, 0.4) is 0 Å². The van der Waals surface area contributed by atoms with Crippen molar-refractivity contribution in [3.8, 4) is 0 Å². The summed E-state index contributed by atoms with van der Waals surface area (Å²) in [6, 6.07) is -0.217. The highest BCUT2D eigenvalue weighted by Crippen LogP contribution is 2.28. The number of hydrogen-bond acceptors (Lipinski definition) is 3. The second kappa shape index (κ2) is 18.3. The molecular weight excluding hydrogens is 414 g/mol. The van der Waals surface area contributed by atoms with Crippen LogP contribution in [0.5, 0.6) is 0 Å². The molecule has 0 spiro atoms. The van der Waals surface area contributed by atoms with E-state index in [0.29, 0.717) is 5.92 Å². The van der Waals surface area contributed by atoms with Gasteiger partial charge in [0.05, 0.1) is 0 Å². The number of rotatable bonds is 21. The fraction of sp³-hybridized carbons (Fsp3) is 0.741. The van der Waals surface area contributed by atoms with Crippen LogP contribution in [0.2, 0.25) is 0 Å². The molecule has 0 radical (unpaired) electrons. The average Bonchev–Trinajstić information content (AvgIpc) is 2.76. The monoisotopic (exact) mass is 461 g/mol. The molecule has 0 aromatic carbocycles. The maximum atomic E-state index is 12.5. The van der Waals surface area contributed by atoms with Gasteiger partial charge in [0.15, 0.2) is 0 Å². The molecule has 0 aliphatic carbocycles. The molecule has 2 N–H and O–H groups in total. The van der Waals surface area contributed by atoms with Crippen molar-refractivity contribution in [2.45, 2.75) is 122 Å². The molecule has 0 fully saturated rings. The standard InChI is InChI=1S/C27H47N3O3/c1-4-7-9-10-11-12-13-14-15-16-18-21-24(22-23(19-6-3)20-17-8-5-2)30-26(32)28-25(31)29-27(30)33/h5-6,23-24H,2-4,7-22H2,1H3,(H2,28,29,31,32,33). The highest BCUT2D eigenvalue weighted by atomic mass is 16.2. The number of H-pyrrole nitrogens is 2. The lowest BCUT2D eigenvalue weighted by atomic mass is 9.89. The van der Waals surface area contributed by atoms with E-state index >= 15 is 0 Å². The minimum atomic E-state index is -0.747. The van der Waals surface area contributed by atoms with Gasteiger partial charge in [-0.3, -0.25) is 9.97 Å². The third-order valence-electron chi connectivity index (χ3n) is 6.51. The lowest BCUT2D eigenvalue weighted by molar-refractivity contribution is 0.305. The lowest BCUT2D eigenvalue weighted by Gasteiger charge is -2.24. The zero-order chi connectivity index (χ0) is 24.3. The Morgan fingerprint density at radius 2 is 1.30 bits per heavy atom. The van der Waals surface area contributed by atoms with Crippen molar-refractivity contribution in [2.24, 2.45) is 5.92 Å². The number of nitrogens with zero attached hydrogens (tertiary/aromatic N) is 1. The summed E-state index contributed by atoms with van der Waals surface area (Å²) in [5.74, 6) is 0.346. The number of nitrogens with one attached hydrogen (secondary N) is 2. The maximum Gasteiger partial charge on any atom is 0.333 e. The number of hydrogen-bond donors (Lipinski definition) is 2. The molecule has 1 aromatic rings. The van der Waals surface area contributed by atoms with Crippen molar-refractivity contribution in [1.29, 1.82) is 0 Å². The number of aromatic amines is 2. The second-order valence-electron chi connectivity index (χ2n) is 9.38. The molecule has 0 aliphatic rings. The first-order valence-electron chi connectivity index (χ1n) is 13.2. The number of aromatic nitrogens is 3. The van der Waals surface area contributed by atoms with E-state index in [1.807, 2.05) is 12.2 Å². The Hall–Kier alpha value is -2.11. The van der Waals surface area contributed by atoms with Gasteiger partial charge < -0.3 is 0 Å². The lowest BCUT2D eigenvalue weighted by Crippen LogP contribution is -2.45. The summed E-state index contributed by atoms with van der Waals surface area (Å²) < 4.78 is 1.22. The number of allylic oxidation sites excluding steroid dienone is 2. The van der Waals surface area contributed by atoms with Gasteiger partial charge in [0.25, 0.3) is 0 Å². The third-order valence-corrected chi connectivity index (χ3v) is 6.51. The summed E-state index contributed by atoms with van der Waals surface area (Å²) in [6.45, 7) is 9.92. The van der Waals surface area contributed by atoms with E-state index in [9.17, 15) is 14.4 Å². The third kappa shape index (κ3) is 12.6. The Labute approximate surface area is 199 Å². The Kier molecular flexibility index (Phi) is 16.1. The summed E-state index contributed by atoms with van der Waals surface area (Å²) in [6.07, 6.45) is 23.0. The first-order valence-corrected chi connectivity index (χ1v) is 13.2. The number of unbranched alkanes of at least 4 members (excludes halogenated alkanes) is 11. The zero-order valence-electron chi connectivity index (χ0n) is 20.9. The van der Waals surface area contributed by atoms with Gasteiger partial charge >= 0.3 is 17.1 Å². The van der Waals surface area contributed by atoms with Crippen LogP contribution in [-0.2, 0) is 0 Å². The van der Waals surface area contributed by atoms with Gasteiger partial charge in [0.1, 0.15) is 0 Å². The molecule has 33 heavy (non-hydrogen) atoms. The molecule has 188 valence electrons. The minimum Gasteiger partial charge on any atom is -0.259 e. The Morgan fingerprint density at radius 3 is 1.82 bits per heavy atom. The van der Waals surface area contributed by atoms with Crippen LogP contribution in [0.25, 0.3) is 0 Å². The molecule has 0 bridgehead atoms. The van der Waals surface area contributed by atoms with E-state index in [-0.39, 0.29) is 6.04 Å². The summed E-state index contributed by atoms with van der Waals surface area (Å²) in [4.78, 5) is 40.9. The topological polar surface area (TPSA) is 87.7 Å². The molecule has 6 heteroatoms. The van der Waals surface area contributed by atoms with Crippen molar-refractivity contribution < 1.29 is 0 Å². The Balaban J connectivity index is 2.62. The Morgan fingerprint density at radius 1 is 0.758 bits per heavy atom. The molecule has 2 unspecified atom stereocenters. The highest BCUT2D eigenvalue weighted by molar-refractivity contribution is 4.82. The van der Waals surface area contributed by atoms with E-state index in [1.165, 1.54) is 62.4 Å². The predicted octanol–water partition coefficient (Wildman–Crippen LogP) is 6.41. The molecule has 1 aromatic heterocycles. The molecule has 0 aliphatic heterocycles. The molecule has 0 amide bonds. The summed E-state index contributed by atoms with van der Waals surface area (Å²) in [5, 5.41) is 0. The SMILES string of the molecule is C=CCCCC(CC=C)CC(CCCCCCCCCCCCC)n1c(=O)[nH]c(=O)[nH]c1=O. The fourth-order valence-corrected chi connectivity index (χ4v) is 4.67. The molecule has 0 saturated carbocycles. The summed E-state index contributed by atoms with van der Waals surface area (Å²) in [7, 11) is 0. The van der Waals surface area contributed by atoms with Crippen LogP contribution in [0.4, 0.5) is 0 Å². The van der Waals surface area contributed by atoms with Crippen LogP contribution >= 0.6 is 0 Å². The first-order chi connectivity index (χ1) is 16.0. The van der Waals surface area contributed by atoms with Crippen molar-refractivity contribution >= 4 is 0 Å². The van der Waals surface area contributed by atoms with Gasteiger partial charge in [0.2, 0.25) is 0 Å². The van der Waals surface area contributed by atoms with Crippen molar-refractivity contribution in [1.82, 2.24) is 14.5 Å². The second-order valence-corrected chi connectivity index (χ2v) is 9.38.